The molecule has 0 heterocycles. The molecule has 1 heteroatoms. The van der Waals surface area contributed by atoms with Crippen LogP contribution in [0.25, 0.3) is 0 Å². The smallest absolute Gasteiger partial charge is 0.00323 e. The Hall–Kier alpha value is -0.0400. The highest BCUT2D eigenvalue weighted by Crippen LogP contribution is 2.45. The number of hydrogen-bond donors (Lipinski definition) is 0. The minimum absolute atomic E-state index is 0.698. The first-order valence-corrected chi connectivity index (χ1v) is 4.35. The van der Waals surface area contributed by atoms with Crippen LogP contribution in [0.2, 0.25) is 0 Å². The van der Waals surface area contributed by atoms with Crippen molar-refractivity contribution in [3.05, 3.63) is 0 Å². The molecule has 0 atom stereocenters. The Kier molecular flexibility index (Phi) is 2.35. The summed E-state index contributed by atoms with van der Waals surface area (Å²) >= 11 is 0. The predicted octanol–water partition coefficient (Wildman–Crippen LogP) is 2.13. The quantitative estimate of drug-likeness (QED) is 0.579. The topological polar surface area (TPSA) is 3.24 Å². The molecule has 0 spiro atoms. The lowest BCUT2D eigenvalue weighted by Crippen LogP contribution is -2.25. The van der Waals surface area contributed by atoms with Gasteiger partial charge in [-0.15, -0.1) is 0 Å². The second-order valence-corrected chi connectivity index (χ2v) is 4.05. The van der Waals surface area contributed by atoms with Gasteiger partial charge in [-0.25, -0.2) is 0 Å². The van der Waals surface area contributed by atoms with E-state index in [-0.39, 0.29) is 0 Å². The Morgan fingerprint density at radius 3 is 2.40 bits per heavy atom. The Morgan fingerprint density at radius 2 is 2.00 bits per heavy atom. The van der Waals surface area contributed by atoms with Gasteiger partial charge >= 0.3 is 0 Å². The van der Waals surface area contributed by atoms with E-state index in [1.807, 2.05) is 0 Å². The van der Waals surface area contributed by atoms with E-state index < -0.39 is 0 Å². The van der Waals surface area contributed by atoms with Gasteiger partial charge in [0.1, 0.15) is 0 Å². The van der Waals surface area contributed by atoms with Crippen molar-refractivity contribution in [2.75, 3.05) is 20.1 Å². The highest BCUT2D eigenvalue weighted by atomic mass is 15.1. The minimum atomic E-state index is 0.698. The van der Waals surface area contributed by atoms with Crippen molar-refractivity contribution in [3.8, 4) is 0 Å². The third-order valence-electron chi connectivity index (χ3n) is 2.36. The third kappa shape index (κ3) is 2.30. The molecule has 1 rings (SSSR count). The van der Waals surface area contributed by atoms with Gasteiger partial charge in [-0.1, -0.05) is 13.8 Å². The average molecular weight is 141 g/mol. The highest BCUT2D eigenvalue weighted by molar-refractivity contribution is 4.90. The SMILES string of the molecule is CCCN(C)CC1(C)CC1. The van der Waals surface area contributed by atoms with Crippen LogP contribution in [0.15, 0.2) is 0 Å². The molecule has 1 nitrogen and oxygen atoms in total. The molecular weight excluding hydrogens is 122 g/mol. The second kappa shape index (κ2) is 2.91. The molecule has 1 aliphatic rings. The second-order valence-electron chi connectivity index (χ2n) is 4.05. The van der Waals surface area contributed by atoms with Crippen LogP contribution in [-0.4, -0.2) is 25.0 Å². The molecule has 1 saturated carbocycles. The largest absolute Gasteiger partial charge is 0.306 e. The zero-order valence-corrected chi connectivity index (χ0v) is 7.48. The lowest BCUT2D eigenvalue weighted by molar-refractivity contribution is 0.275. The fraction of sp³-hybridized carbons (Fsp3) is 1.00. The van der Waals surface area contributed by atoms with Crippen molar-refractivity contribution in [2.24, 2.45) is 5.41 Å². The molecule has 0 amide bonds. The molecule has 0 bridgehead atoms. The van der Waals surface area contributed by atoms with E-state index in [0.717, 1.165) is 0 Å². The van der Waals surface area contributed by atoms with E-state index in [1.54, 1.807) is 0 Å². The lowest BCUT2D eigenvalue weighted by Gasteiger charge is -2.19. The Bertz CT molecular complexity index is 105. The van der Waals surface area contributed by atoms with Gasteiger partial charge < -0.3 is 4.90 Å². The van der Waals surface area contributed by atoms with Crippen LogP contribution in [0.1, 0.15) is 33.1 Å². The minimum Gasteiger partial charge on any atom is -0.306 e. The maximum absolute atomic E-state index is 2.45. The summed E-state index contributed by atoms with van der Waals surface area (Å²) < 4.78 is 0. The van der Waals surface area contributed by atoms with Gasteiger partial charge in [0, 0.05) is 6.54 Å². The van der Waals surface area contributed by atoms with Crippen LogP contribution in [0, 0.1) is 5.41 Å². The summed E-state index contributed by atoms with van der Waals surface area (Å²) in [6.45, 7) is 7.20. The molecule has 0 aromatic heterocycles. The van der Waals surface area contributed by atoms with Crippen molar-refractivity contribution < 1.29 is 0 Å². The molecule has 60 valence electrons. The van der Waals surface area contributed by atoms with E-state index in [2.05, 4.69) is 25.8 Å². The Morgan fingerprint density at radius 1 is 1.40 bits per heavy atom. The number of nitrogens with zero attached hydrogens (tertiary/aromatic N) is 1. The predicted molar refractivity (Wildman–Crippen MR) is 45.1 cm³/mol. The molecule has 0 N–H and O–H groups in total. The number of hydrogen-bond acceptors (Lipinski definition) is 1. The highest BCUT2D eigenvalue weighted by Gasteiger charge is 2.37. The summed E-state index contributed by atoms with van der Waals surface area (Å²) in [7, 11) is 2.23. The van der Waals surface area contributed by atoms with E-state index in [0.29, 0.717) is 5.41 Å². The fourth-order valence-corrected chi connectivity index (χ4v) is 1.48. The van der Waals surface area contributed by atoms with Crippen LogP contribution >= 0.6 is 0 Å². The summed E-state index contributed by atoms with van der Waals surface area (Å²) in [5.74, 6) is 0. The van der Waals surface area contributed by atoms with Gasteiger partial charge in [-0.05, 0) is 38.3 Å². The van der Waals surface area contributed by atoms with Crippen LogP contribution in [0.4, 0.5) is 0 Å². The molecule has 0 aromatic carbocycles. The van der Waals surface area contributed by atoms with E-state index in [1.165, 1.54) is 32.4 Å². The van der Waals surface area contributed by atoms with Crippen molar-refractivity contribution in [2.45, 2.75) is 33.1 Å². The van der Waals surface area contributed by atoms with Crippen molar-refractivity contribution in [1.29, 1.82) is 0 Å². The standard InChI is InChI=1S/C9H19N/c1-4-7-10(3)8-9(2)5-6-9/h4-8H2,1-3H3. The summed E-state index contributed by atoms with van der Waals surface area (Å²) in [4.78, 5) is 2.45. The van der Waals surface area contributed by atoms with Crippen molar-refractivity contribution in [1.82, 2.24) is 4.90 Å². The van der Waals surface area contributed by atoms with E-state index in [9.17, 15) is 0 Å². The Balaban J connectivity index is 2.11. The van der Waals surface area contributed by atoms with Gasteiger partial charge in [0.15, 0.2) is 0 Å². The molecule has 1 fully saturated rings. The third-order valence-corrected chi connectivity index (χ3v) is 2.36. The van der Waals surface area contributed by atoms with Crippen LogP contribution in [-0.2, 0) is 0 Å². The molecule has 1 aliphatic carbocycles. The van der Waals surface area contributed by atoms with Gasteiger partial charge in [-0.2, -0.15) is 0 Å². The van der Waals surface area contributed by atoms with Crippen molar-refractivity contribution in [3.63, 3.8) is 0 Å². The molecule has 0 radical (unpaired) electrons. The first-order valence-electron chi connectivity index (χ1n) is 4.35. The lowest BCUT2D eigenvalue weighted by atomic mass is 10.1. The summed E-state index contributed by atoms with van der Waals surface area (Å²) in [5.41, 5.74) is 0.698. The molecule has 0 unspecified atom stereocenters. The first kappa shape index (κ1) is 8.06. The molecule has 10 heavy (non-hydrogen) atoms. The first-order chi connectivity index (χ1) is 4.66. The fourth-order valence-electron chi connectivity index (χ4n) is 1.48. The monoisotopic (exact) mass is 141 g/mol. The molecular formula is C9H19N. The van der Waals surface area contributed by atoms with Gasteiger partial charge in [0.05, 0.1) is 0 Å². The van der Waals surface area contributed by atoms with E-state index >= 15 is 0 Å². The molecule has 0 aliphatic heterocycles. The Labute approximate surface area is 64.4 Å². The maximum atomic E-state index is 2.45. The normalized spacial score (nSPS) is 21.6. The van der Waals surface area contributed by atoms with Crippen LogP contribution in [0.5, 0.6) is 0 Å². The molecule has 0 aromatic rings. The average Bonchev–Trinajstić information content (AvgIpc) is 2.48. The molecule has 0 saturated heterocycles. The van der Waals surface area contributed by atoms with Gasteiger partial charge in [0.2, 0.25) is 0 Å². The van der Waals surface area contributed by atoms with Crippen LogP contribution in [0.3, 0.4) is 0 Å². The van der Waals surface area contributed by atoms with Gasteiger partial charge in [-0.3, -0.25) is 0 Å². The zero-order valence-electron chi connectivity index (χ0n) is 7.48. The van der Waals surface area contributed by atoms with Crippen molar-refractivity contribution >= 4 is 0 Å². The van der Waals surface area contributed by atoms with E-state index in [4.69, 9.17) is 0 Å². The zero-order chi connectivity index (χ0) is 7.61. The summed E-state index contributed by atoms with van der Waals surface area (Å²) in [5, 5.41) is 0. The summed E-state index contributed by atoms with van der Waals surface area (Å²) in [6, 6.07) is 0. The van der Waals surface area contributed by atoms with Gasteiger partial charge in [0.25, 0.3) is 0 Å². The van der Waals surface area contributed by atoms with Crippen LogP contribution < -0.4 is 0 Å². The summed E-state index contributed by atoms with van der Waals surface area (Å²) in [6.07, 6.45) is 4.18. The maximum Gasteiger partial charge on any atom is 0.00323 e. The number of rotatable bonds is 4.